The predicted molar refractivity (Wildman–Crippen MR) is 421 cm³/mol. The number of ether oxygens (including phenoxy) is 10. The van der Waals surface area contributed by atoms with Crippen LogP contribution >= 0.6 is 0 Å². The van der Waals surface area contributed by atoms with E-state index in [4.69, 9.17) is 57.6 Å². The van der Waals surface area contributed by atoms with E-state index in [1.165, 1.54) is 113 Å². The van der Waals surface area contributed by atoms with Crippen molar-refractivity contribution in [2.75, 3.05) is 92.2 Å². The van der Waals surface area contributed by atoms with E-state index in [0.717, 1.165) is 84.9 Å². The maximum Gasteiger partial charge on any atom is 1.00 e. The molecule has 42 heteroatoms. The second kappa shape index (κ2) is 48.5. The number of esters is 2. The maximum atomic E-state index is 14.7. The van der Waals surface area contributed by atoms with Gasteiger partial charge in [0.1, 0.15) is 23.0 Å². The number of carbonyl (C=O) groups excluding carboxylic acids is 2. The van der Waals surface area contributed by atoms with Gasteiger partial charge in [0.05, 0.1) is 85.7 Å². The van der Waals surface area contributed by atoms with E-state index >= 15 is 0 Å². The number of halogens is 8. The third-order valence-corrected chi connectivity index (χ3v) is 21.7. The zero-order valence-electron chi connectivity index (χ0n) is 66.0. The van der Waals surface area contributed by atoms with Gasteiger partial charge in [-0.25, -0.2) is 107 Å². The van der Waals surface area contributed by atoms with Crippen molar-refractivity contribution >= 4 is 88.3 Å². The summed E-state index contributed by atoms with van der Waals surface area (Å²) in [6, 6.07) is 26.5. The van der Waals surface area contributed by atoms with Crippen LogP contribution in [0.3, 0.4) is 0 Å². The molecule has 0 aliphatic rings. The van der Waals surface area contributed by atoms with Crippen molar-refractivity contribution in [3.8, 4) is 46.0 Å². The van der Waals surface area contributed by atoms with Crippen molar-refractivity contribution in [2.24, 2.45) is 0 Å². The molecule has 0 saturated carbocycles. The smallest absolute Gasteiger partial charge is 0.870 e. The van der Waals surface area contributed by atoms with E-state index in [2.05, 4.69) is 18.9 Å². The van der Waals surface area contributed by atoms with Crippen LogP contribution in [0.2, 0.25) is 0 Å². The minimum Gasteiger partial charge on any atom is -0.870 e. The normalized spacial score (nSPS) is 12.1. The molecule has 0 atom stereocenters. The summed E-state index contributed by atoms with van der Waals surface area (Å²) in [5.74, 6) is -15.5. The van der Waals surface area contributed by atoms with Gasteiger partial charge in [-0.15, -0.1) is 0 Å². The summed E-state index contributed by atoms with van der Waals surface area (Å²) in [6.45, 7) is 8.56. The van der Waals surface area contributed by atoms with E-state index in [1.807, 2.05) is 0 Å². The van der Waals surface area contributed by atoms with Gasteiger partial charge in [-0.1, -0.05) is 0 Å². The quantitative estimate of drug-likeness (QED) is 0.00679. The Morgan fingerprint density at radius 3 is 0.672 bits per heavy atom. The van der Waals surface area contributed by atoms with Gasteiger partial charge in [0, 0.05) is 48.5 Å². The fourth-order valence-electron chi connectivity index (χ4n) is 9.96. The zero-order chi connectivity index (χ0) is 88.1. The van der Waals surface area contributed by atoms with Crippen molar-refractivity contribution in [2.45, 2.75) is 61.1 Å². The Kier molecular flexibility index (Phi) is 40.6. The molecule has 0 heterocycles. The minimum atomic E-state index is -4.00. The first-order valence-electron chi connectivity index (χ1n) is 35.7. The van der Waals surface area contributed by atoms with E-state index in [-0.39, 0.29) is 214 Å². The predicted octanol–water partition coefficient (Wildman–Crippen LogP) is 9.97. The van der Waals surface area contributed by atoms with E-state index in [9.17, 15) is 88.0 Å². The minimum absolute atomic E-state index is 0. The second-order valence-electron chi connectivity index (χ2n) is 24.9. The van der Waals surface area contributed by atoms with Gasteiger partial charge < -0.3 is 63.1 Å². The number of benzene rings is 8. The molecule has 7 N–H and O–H groups in total. The topological polar surface area (TPSA) is 416 Å². The molecule has 8 rings (SSSR count). The second-order valence-corrected chi connectivity index (χ2v) is 32.0. The van der Waals surface area contributed by atoms with Crippen molar-refractivity contribution in [1.82, 2.24) is 18.9 Å². The summed E-state index contributed by atoms with van der Waals surface area (Å²) in [4.78, 5) is 44.9. The molecule has 652 valence electrons. The number of carbonyl (C=O) groups is 4. The van der Waals surface area contributed by atoms with Crippen LogP contribution in [0.5, 0.6) is 46.0 Å². The molecule has 0 fully saturated rings. The summed E-state index contributed by atoms with van der Waals surface area (Å²) in [6.07, 6.45) is 4.69. The molecule has 8 aromatic rings. The number of nitrogens with one attached hydrogen (secondary N) is 4. The van der Waals surface area contributed by atoms with Crippen LogP contribution in [0.25, 0.3) is 24.3 Å². The molecule has 8 aromatic carbocycles. The Morgan fingerprint density at radius 1 is 0.320 bits per heavy atom. The molecule has 0 unspecified atom stereocenters. The average Bonchev–Trinajstić information content (AvgIpc) is 0.827. The Balaban J connectivity index is 0.000000428. The Hall–Kier alpha value is -10.3. The van der Waals surface area contributed by atoms with Crippen LogP contribution in [0, 0.1) is 46.5 Å². The molecule has 0 aliphatic heterocycles. The van der Waals surface area contributed by atoms with Crippen LogP contribution in [-0.2, 0) is 87.7 Å². The van der Waals surface area contributed by atoms with Crippen LogP contribution in [0.15, 0.2) is 187 Å². The number of carboxylic acids is 2. The first kappa shape index (κ1) is 102. The summed E-state index contributed by atoms with van der Waals surface area (Å²) in [5, 5.41) is 17.9. The van der Waals surface area contributed by atoms with Crippen LogP contribution < -0.4 is 67.4 Å². The fraction of sp³-hybridized carbons (Fsp3) is 0.250. The summed E-state index contributed by atoms with van der Waals surface area (Å²) >= 11 is 0. The van der Waals surface area contributed by atoms with Crippen molar-refractivity contribution < 1.29 is 181 Å². The Labute approximate surface area is 719 Å². The summed E-state index contributed by atoms with van der Waals surface area (Å²) in [7, 11) is -16.0. The van der Waals surface area contributed by atoms with Crippen molar-refractivity contribution in [1.29, 1.82) is 0 Å². The fourth-order valence-corrected chi connectivity index (χ4v) is 14.0. The molecule has 122 heavy (non-hydrogen) atoms. The molecular weight excluding hydrogens is 1720 g/mol. The molecule has 29 nitrogen and oxygen atoms in total. The van der Waals surface area contributed by atoms with Crippen molar-refractivity contribution in [3.63, 3.8) is 0 Å². The van der Waals surface area contributed by atoms with Gasteiger partial charge in [0.15, 0.2) is 69.5 Å². The van der Waals surface area contributed by atoms with Gasteiger partial charge in [0.2, 0.25) is 40.1 Å². The third kappa shape index (κ3) is 31.8. The SMILES string of the molecule is C/C(=C\c1cc(F)c(Oc2ccc(S(=O)(=O)NCCOCCOCCNS(=O)(=O)c3ccc(Oc4c(F)cc(/C=C(\C)C(=O)O)cc4F)cc3)cc2)c(F)c1)C(=O)O.CCOC(=O)/C(C)=C/c1cc(F)c(Oc2ccc(S(=O)(=O)NCCOCCOCCNS(=O)(=O)c3ccc(Oc4c(F)cc(/C=C(\C)C(=O)OCC)cc4F)cc3)cc2)c(F)c1.[Na+].[OH-]. The third-order valence-electron chi connectivity index (χ3n) is 15.8. The summed E-state index contributed by atoms with van der Waals surface area (Å²) < 4.78 is 280. The molecule has 0 radical (unpaired) electrons. The van der Waals surface area contributed by atoms with Crippen LogP contribution in [-0.4, -0.2) is 165 Å². The number of sulfonamides is 4. The largest absolute Gasteiger partial charge is 1.00 e. The van der Waals surface area contributed by atoms with E-state index in [1.54, 1.807) is 13.8 Å². The van der Waals surface area contributed by atoms with Gasteiger partial charge in [-0.2, -0.15) is 0 Å². The van der Waals surface area contributed by atoms with Gasteiger partial charge in [-0.05, 0) is 234 Å². The van der Waals surface area contributed by atoms with Gasteiger partial charge >= 0.3 is 53.4 Å². The number of carboxylic acid groups (broad SMARTS) is 2. The van der Waals surface area contributed by atoms with E-state index in [0.29, 0.717) is 0 Å². The van der Waals surface area contributed by atoms with E-state index < -0.39 is 134 Å². The van der Waals surface area contributed by atoms with Crippen LogP contribution in [0.1, 0.15) is 63.8 Å². The monoisotopic (exact) mass is 1800 g/mol. The maximum absolute atomic E-state index is 14.7. The number of aliphatic carboxylic acids is 2. The Bertz CT molecular complexity index is 5150. The summed E-state index contributed by atoms with van der Waals surface area (Å²) in [5.41, 5.74) is 0.0826. The van der Waals surface area contributed by atoms with Gasteiger partial charge in [-0.3, -0.25) is 0 Å². The molecule has 0 saturated heterocycles. The number of hydrogen-bond donors (Lipinski definition) is 6. The molecule has 0 spiro atoms. The molecular formula is C80H81F8N4NaO25S4. The molecule has 0 amide bonds. The van der Waals surface area contributed by atoms with Gasteiger partial charge in [0.25, 0.3) is 0 Å². The number of rotatable bonds is 44. The Morgan fingerprint density at radius 2 is 0.500 bits per heavy atom. The standard InChI is InChI=1S/C42H44F4N2O12S2.C38H36F4N2O12S2.Na.H2O/c1-5-57-41(49)27(3)21-29-23-35(43)39(36(44)24-29)59-31-7-11-33(12-8-31)61(51,52)47-15-17-55-19-20-56-18-16-48-62(53,54)34-13-9-32(10-14-34)60-40-37(45)25-30(26-38(40)46)22-28(4)42(50)58-6-2;1-23(37(45)46)17-25-19-31(39)35(32(40)20-25)55-27-3-7-29(8-4-27)57(49,50)43-11-13-53-15-16-54-14-12-44-58(51,52)30-9-5-28(6-10-30)56-36-33(41)21-26(22-34(36)42)18-24(2)38(47)48;;/h7-14,21-26,47-48H,5-6,15-20H2,1-4H3;3-10,17-22,43-44H,11-16H2,1-2H3,(H,45,46)(H,47,48);;1H2/q;;+1;/p-1/b27-21+,28-22+;23-17+,24-18+;;. The van der Waals surface area contributed by atoms with Crippen molar-refractivity contribution in [3.05, 3.63) is 237 Å². The number of hydrogen-bond acceptors (Lipinski definition) is 23. The molecule has 0 bridgehead atoms. The van der Waals surface area contributed by atoms with Crippen LogP contribution in [0.4, 0.5) is 35.1 Å². The molecule has 0 aliphatic carbocycles. The first-order chi connectivity index (χ1) is 56.8. The average molecular weight is 1800 g/mol. The zero-order valence-corrected chi connectivity index (χ0v) is 71.3. The molecule has 0 aromatic heterocycles. The first-order valence-corrected chi connectivity index (χ1v) is 41.6.